The number of carbonyl (C=O) groups excluding carboxylic acids is 1. The Bertz CT molecular complexity index is 1140. The average Bonchev–Trinajstić information content (AvgIpc) is 2.87. The zero-order valence-electron chi connectivity index (χ0n) is 20.6. The van der Waals surface area contributed by atoms with Gasteiger partial charge < -0.3 is 0 Å². The number of benzene rings is 3. The van der Waals surface area contributed by atoms with Crippen LogP contribution in [0.1, 0.15) is 35.2 Å². The second kappa shape index (κ2) is 12.8. The molecular weight excluding hydrogens is 515 g/mol. The fourth-order valence-electron chi connectivity index (χ4n) is 4.58. The Balaban J connectivity index is 1.27. The fourth-order valence-corrected chi connectivity index (χ4v) is 8.98. The Hall–Kier alpha value is -3.08. The summed E-state index contributed by atoms with van der Waals surface area (Å²) in [5.41, 5.74) is 4.69. The molecule has 36 heavy (non-hydrogen) atoms. The molecule has 1 heterocycles. The number of anilines is 1. The van der Waals surface area contributed by atoms with Crippen molar-refractivity contribution in [3.8, 4) is 11.5 Å². The number of ether oxygens (including phenoxy) is 1. The van der Waals surface area contributed by atoms with Crippen molar-refractivity contribution in [2.75, 3.05) is 18.4 Å². The number of hydrogen-bond donors (Lipinski definition) is 2. The third kappa shape index (κ3) is 7.71. The minimum absolute atomic E-state index is 0.0121. The second-order valence-electron chi connectivity index (χ2n) is 9.31. The van der Waals surface area contributed by atoms with Gasteiger partial charge in [0.15, 0.2) is 0 Å². The van der Waals surface area contributed by atoms with Gasteiger partial charge in [0, 0.05) is 0 Å². The normalized spacial score (nSPS) is 16.8. The van der Waals surface area contributed by atoms with Crippen LogP contribution in [-0.4, -0.2) is 55.7 Å². The first-order chi connectivity index (χ1) is 17.5. The van der Waals surface area contributed by atoms with Gasteiger partial charge in [0.1, 0.15) is 0 Å². The Morgan fingerprint density at radius 1 is 0.972 bits per heavy atom. The zero-order valence-corrected chi connectivity index (χ0v) is 22.5. The third-order valence-electron chi connectivity index (χ3n) is 6.39. The van der Waals surface area contributed by atoms with Crippen molar-refractivity contribution in [1.82, 2.24) is 4.90 Å². The number of carbonyl (C=O) groups is 2. The van der Waals surface area contributed by atoms with Gasteiger partial charge in [-0.2, -0.15) is 0 Å². The summed E-state index contributed by atoms with van der Waals surface area (Å²) in [6.07, 6.45) is 3.47. The summed E-state index contributed by atoms with van der Waals surface area (Å²) < 4.78 is 5.83. The van der Waals surface area contributed by atoms with E-state index < -0.39 is 20.6 Å². The molecule has 1 saturated heterocycles. The maximum absolute atomic E-state index is 12.8. The van der Waals surface area contributed by atoms with E-state index in [-0.39, 0.29) is 5.91 Å². The summed E-state index contributed by atoms with van der Waals surface area (Å²) in [5, 5.41) is 14.3. The molecule has 0 aliphatic carbocycles. The number of piperidine rings is 1. The van der Waals surface area contributed by atoms with Crippen molar-refractivity contribution in [1.29, 1.82) is 0 Å². The Morgan fingerprint density at radius 2 is 1.67 bits per heavy atom. The SMILES string of the molecule is C[As](Cc1ccc(C(=O)O)cc1)CC1CCCCN1CC(=O)Nc1ccc(Oc2ccccc2)cc1. The average molecular weight is 549 g/mol. The van der Waals surface area contributed by atoms with E-state index in [1.54, 1.807) is 12.1 Å². The van der Waals surface area contributed by atoms with Gasteiger partial charge in [0.25, 0.3) is 0 Å². The molecule has 6 nitrogen and oxygen atoms in total. The molecule has 0 radical (unpaired) electrons. The minimum atomic E-state index is -1.14. The van der Waals surface area contributed by atoms with E-state index in [0.29, 0.717) is 18.2 Å². The molecule has 1 fully saturated rings. The van der Waals surface area contributed by atoms with Gasteiger partial charge in [-0.3, -0.25) is 0 Å². The van der Waals surface area contributed by atoms with Gasteiger partial charge in [0.2, 0.25) is 0 Å². The van der Waals surface area contributed by atoms with Gasteiger partial charge in [-0.1, -0.05) is 18.2 Å². The van der Waals surface area contributed by atoms with E-state index in [1.165, 1.54) is 12.0 Å². The van der Waals surface area contributed by atoms with Crippen LogP contribution in [0.4, 0.5) is 5.69 Å². The number of hydrogen-bond acceptors (Lipinski definition) is 4. The van der Waals surface area contributed by atoms with Gasteiger partial charge >= 0.3 is 188 Å². The number of para-hydroxylation sites is 1. The molecule has 2 N–H and O–H groups in total. The molecule has 3 aromatic carbocycles. The molecule has 2 unspecified atom stereocenters. The maximum atomic E-state index is 12.8. The van der Waals surface area contributed by atoms with Crippen LogP contribution in [0.15, 0.2) is 78.9 Å². The summed E-state index contributed by atoms with van der Waals surface area (Å²) in [6.45, 7) is 1.36. The van der Waals surface area contributed by atoms with Crippen molar-refractivity contribution in [2.45, 2.75) is 41.4 Å². The van der Waals surface area contributed by atoms with Gasteiger partial charge in [-0.25, -0.2) is 0 Å². The summed E-state index contributed by atoms with van der Waals surface area (Å²) in [6, 6.07) is 24.8. The predicted octanol–water partition coefficient (Wildman–Crippen LogP) is 5.88. The number of amides is 1. The Morgan fingerprint density at radius 3 is 2.36 bits per heavy atom. The molecule has 1 amide bonds. The summed E-state index contributed by atoms with van der Waals surface area (Å²) >= 11 is -1.14. The Labute approximate surface area is 217 Å². The summed E-state index contributed by atoms with van der Waals surface area (Å²) in [5.74, 6) is 0.630. The van der Waals surface area contributed by atoms with Crippen LogP contribution in [0.2, 0.25) is 10.9 Å². The first-order valence-corrected chi connectivity index (χ1v) is 16.9. The second-order valence-corrected chi connectivity index (χ2v) is 14.3. The molecule has 3 aromatic rings. The van der Waals surface area contributed by atoms with Crippen LogP contribution >= 0.6 is 0 Å². The van der Waals surface area contributed by atoms with E-state index in [0.717, 1.165) is 47.0 Å². The van der Waals surface area contributed by atoms with Crippen LogP contribution in [0, 0.1) is 0 Å². The fraction of sp³-hybridized carbons (Fsp3) is 0.310. The number of likely N-dealkylation sites (tertiary alicyclic amines) is 1. The van der Waals surface area contributed by atoms with Gasteiger partial charge in [0.05, 0.1) is 0 Å². The first kappa shape index (κ1) is 26.0. The number of nitrogens with one attached hydrogen (secondary N) is 1. The van der Waals surface area contributed by atoms with E-state index in [2.05, 4.69) is 15.9 Å². The molecule has 7 heteroatoms. The summed E-state index contributed by atoms with van der Waals surface area (Å²) in [7, 11) is 0. The molecule has 4 rings (SSSR count). The van der Waals surface area contributed by atoms with Gasteiger partial charge in [-0.05, 0) is 12.1 Å². The topological polar surface area (TPSA) is 78.9 Å². The molecule has 2 atom stereocenters. The van der Waals surface area contributed by atoms with Crippen LogP contribution in [-0.2, 0) is 10.0 Å². The molecule has 188 valence electrons. The van der Waals surface area contributed by atoms with Crippen LogP contribution < -0.4 is 10.1 Å². The molecule has 1 aliphatic heterocycles. The van der Waals surface area contributed by atoms with E-state index in [1.807, 2.05) is 66.7 Å². The molecule has 0 saturated carbocycles. The standard InChI is InChI=1S/C29H33AsN2O4/c1-30(19-22-10-12-23(13-11-22)29(34)35)20-25-7-5-6-18-32(25)21-28(33)31-24-14-16-27(17-15-24)36-26-8-3-2-4-9-26/h2-4,8-17,25H,5-7,18-21H2,1H3,(H,31,33)(H,34,35). The first-order valence-electron chi connectivity index (χ1n) is 12.3. The van der Waals surface area contributed by atoms with E-state index in [9.17, 15) is 9.59 Å². The van der Waals surface area contributed by atoms with E-state index >= 15 is 0 Å². The van der Waals surface area contributed by atoms with Gasteiger partial charge in [-0.15, -0.1) is 0 Å². The van der Waals surface area contributed by atoms with Crippen LogP contribution in [0.5, 0.6) is 11.5 Å². The quantitative estimate of drug-likeness (QED) is 0.310. The van der Waals surface area contributed by atoms with Crippen molar-refractivity contribution in [3.63, 3.8) is 0 Å². The Kier molecular flexibility index (Phi) is 9.21. The number of nitrogens with zero attached hydrogens (tertiary/aromatic N) is 1. The molecule has 0 spiro atoms. The van der Waals surface area contributed by atoms with Crippen LogP contribution in [0.3, 0.4) is 0 Å². The number of carboxylic acids is 1. The van der Waals surface area contributed by atoms with Crippen molar-refractivity contribution < 1.29 is 19.4 Å². The van der Waals surface area contributed by atoms with Crippen LogP contribution in [0.25, 0.3) is 0 Å². The van der Waals surface area contributed by atoms with Crippen molar-refractivity contribution in [3.05, 3.63) is 90.0 Å². The van der Waals surface area contributed by atoms with Crippen molar-refractivity contribution in [2.24, 2.45) is 0 Å². The zero-order chi connectivity index (χ0) is 25.3. The number of carboxylic acid groups (broad SMARTS) is 1. The molecule has 0 bridgehead atoms. The molecule has 0 aromatic heterocycles. The summed E-state index contributed by atoms with van der Waals surface area (Å²) in [4.78, 5) is 26.3. The predicted molar refractivity (Wildman–Crippen MR) is 144 cm³/mol. The third-order valence-corrected chi connectivity index (χ3v) is 10.5. The molecular formula is C29H33AsN2O4. The van der Waals surface area contributed by atoms with E-state index in [4.69, 9.17) is 9.84 Å². The number of aromatic carboxylic acids is 1. The molecule has 1 aliphatic rings. The number of rotatable bonds is 10. The monoisotopic (exact) mass is 548 g/mol. The van der Waals surface area contributed by atoms with Crippen molar-refractivity contribution >= 4 is 32.2 Å².